The zero-order valence-corrected chi connectivity index (χ0v) is 11.5. The van der Waals surface area contributed by atoms with Crippen LogP contribution in [0.1, 0.15) is 28.8 Å². The summed E-state index contributed by atoms with van der Waals surface area (Å²) in [4.78, 5) is 1.45. The van der Waals surface area contributed by atoms with E-state index < -0.39 is 0 Å². The molecule has 2 heterocycles. The number of rotatable bonds is 5. The third kappa shape index (κ3) is 2.96. The van der Waals surface area contributed by atoms with Crippen molar-refractivity contribution in [2.24, 2.45) is 7.05 Å². The molecule has 2 aromatic rings. The number of thiophene rings is 1. The lowest BCUT2D eigenvalue weighted by molar-refractivity contribution is 0.626. The topological polar surface area (TPSA) is 29.9 Å². The molecule has 0 saturated heterocycles. The highest BCUT2D eigenvalue weighted by Crippen LogP contribution is 2.17. The Balaban J connectivity index is 1.89. The zero-order valence-electron chi connectivity index (χ0n) is 10.7. The fourth-order valence-corrected chi connectivity index (χ4v) is 2.92. The van der Waals surface area contributed by atoms with Crippen molar-refractivity contribution >= 4 is 11.3 Å². The Morgan fingerprint density at radius 2 is 2.24 bits per heavy atom. The van der Waals surface area contributed by atoms with Gasteiger partial charge in [0.05, 0.1) is 11.4 Å². The molecule has 0 fully saturated rings. The van der Waals surface area contributed by atoms with E-state index in [9.17, 15) is 0 Å². The summed E-state index contributed by atoms with van der Waals surface area (Å²) in [7, 11) is 1.99. The van der Waals surface area contributed by atoms with Gasteiger partial charge >= 0.3 is 0 Å². The van der Waals surface area contributed by atoms with Crippen molar-refractivity contribution in [1.29, 1.82) is 0 Å². The molecular formula is C13H19N3S. The molecule has 92 valence electrons. The molecule has 0 saturated carbocycles. The van der Waals surface area contributed by atoms with Gasteiger partial charge < -0.3 is 5.32 Å². The second kappa shape index (κ2) is 5.47. The van der Waals surface area contributed by atoms with Crippen LogP contribution < -0.4 is 5.32 Å². The number of nitrogens with zero attached hydrogens (tertiary/aromatic N) is 2. The van der Waals surface area contributed by atoms with E-state index in [4.69, 9.17) is 0 Å². The number of hydrogen-bond acceptors (Lipinski definition) is 3. The molecule has 2 aromatic heterocycles. The molecule has 17 heavy (non-hydrogen) atoms. The van der Waals surface area contributed by atoms with E-state index in [0.717, 1.165) is 25.2 Å². The summed E-state index contributed by atoms with van der Waals surface area (Å²) in [5.74, 6) is 0. The molecule has 3 nitrogen and oxygen atoms in total. The third-order valence-electron chi connectivity index (χ3n) is 2.91. The summed E-state index contributed by atoms with van der Waals surface area (Å²) in [6.45, 7) is 6.05. The molecule has 0 aliphatic carbocycles. The molecule has 4 heteroatoms. The van der Waals surface area contributed by atoms with Crippen molar-refractivity contribution in [3.63, 3.8) is 0 Å². The summed E-state index contributed by atoms with van der Waals surface area (Å²) < 4.78 is 1.94. The highest BCUT2D eigenvalue weighted by molar-refractivity contribution is 7.10. The molecule has 2 rings (SSSR count). The van der Waals surface area contributed by atoms with E-state index >= 15 is 0 Å². The van der Waals surface area contributed by atoms with E-state index in [2.05, 4.69) is 34.9 Å². The maximum Gasteiger partial charge on any atom is 0.0597 e. The van der Waals surface area contributed by atoms with Crippen molar-refractivity contribution in [1.82, 2.24) is 15.1 Å². The lowest BCUT2D eigenvalue weighted by Crippen LogP contribution is -2.15. The Hall–Kier alpha value is -1.13. The van der Waals surface area contributed by atoms with Crippen molar-refractivity contribution in [3.8, 4) is 0 Å². The van der Waals surface area contributed by atoms with E-state index in [1.165, 1.54) is 16.1 Å². The molecule has 0 aliphatic heterocycles. The average Bonchev–Trinajstić information content (AvgIpc) is 2.86. The van der Waals surface area contributed by atoms with Crippen molar-refractivity contribution in [2.45, 2.75) is 33.4 Å². The number of nitrogens with one attached hydrogen (secondary N) is 1. The van der Waals surface area contributed by atoms with Gasteiger partial charge in [-0.15, -0.1) is 11.3 Å². The van der Waals surface area contributed by atoms with Gasteiger partial charge in [0, 0.05) is 25.0 Å². The van der Waals surface area contributed by atoms with Crippen molar-refractivity contribution < 1.29 is 0 Å². The van der Waals surface area contributed by atoms with Gasteiger partial charge in [-0.1, -0.05) is 6.92 Å². The summed E-state index contributed by atoms with van der Waals surface area (Å²) in [6, 6.07) is 4.35. The van der Waals surface area contributed by atoms with Gasteiger partial charge in [0.1, 0.15) is 0 Å². The minimum absolute atomic E-state index is 0.873. The van der Waals surface area contributed by atoms with Crippen LogP contribution in [0.25, 0.3) is 0 Å². The van der Waals surface area contributed by atoms with Gasteiger partial charge in [-0.05, 0) is 36.4 Å². The first kappa shape index (κ1) is 12.3. The Kier molecular flexibility index (Phi) is 3.97. The highest BCUT2D eigenvalue weighted by atomic mass is 32.1. The number of aromatic nitrogens is 2. The van der Waals surface area contributed by atoms with Crippen LogP contribution in [0.2, 0.25) is 0 Å². The fraction of sp³-hybridized carbons (Fsp3) is 0.462. The summed E-state index contributed by atoms with van der Waals surface area (Å²) in [6.07, 6.45) is 1.12. The van der Waals surface area contributed by atoms with Crippen LogP contribution in [0.5, 0.6) is 0 Å². The number of aryl methyl sites for hydroxylation is 3. The molecule has 1 N–H and O–H groups in total. The van der Waals surface area contributed by atoms with Crippen molar-refractivity contribution in [3.05, 3.63) is 39.3 Å². The summed E-state index contributed by atoms with van der Waals surface area (Å²) in [5.41, 5.74) is 3.77. The highest BCUT2D eigenvalue weighted by Gasteiger charge is 2.04. The van der Waals surface area contributed by atoms with Crippen LogP contribution in [0, 0.1) is 6.92 Å². The lowest BCUT2D eigenvalue weighted by atomic mass is 10.2. The fourth-order valence-electron chi connectivity index (χ4n) is 1.97. The Morgan fingerprint density at radius 1 is 1.41 bits per heavy atom. The largest absolute Gasteiger partial charge is 0.306 e. The SMILES string of the molecule is CCc1ccsc1CNCc1cc(C)nn1C. The van der Waals surface area contributed by atoms with Gasteiger partial charge in [0.15, 0.2) is 0 Å². The van der Waals surface area contributed by atoms with Crippen LogP contribution in [0.4, 0.5) is 0 Å². The normalized spacial score (nSPS) is 11.0. The maximum absolute atomic E-state index is 4.34. The summed E-state index contributed by atoms with van der Waals surface area (Å²) >= 11 is 1.83. The van der Waals surface area contributed by atoms with Crippen LogP contribution in [0.15, 0.2) is 17.5 Å². The first-order valence-corrected chi connectivity index (χ1v) is 6.84. The van der Waals surface area contributed by atoms with Gasteiger partial charge in [0.25, 0.3) is 0 Å². The van der Waals surface area contributed by atoms with Gasteiger partial charge in [0.2, 0.25) is 0 Å². The second-order valence-electron chi connectivity index (χ2n) is 4.23. The second-order valence-corrected chi connectivity index (χ2v) is 5.23. The van der Waals surface area contributed by atoms with E-state index in [-0.39, 0.29) is 0 Å². The van der Waals surface area contributed by atoms with E-state index in [1.807, 2.05) is 30.0 Å². The van der Waals surface area contributed by atoms with Gasteiger partial charge in [-0.25, -0.2) is 0 Å². The Labute approximate surface area is 106 Å². The van der Waals surface area contributed by atoms with Crippen molar-refractivity contribution in [2.75, 3.05) is 0 Å². The van der Waals surface area contributed by atoms with Crippen LogP contribution >= 0.6 is 11.3 Å². The molecule has 0 aromatic carbocycles. The molecule has 0 radical (unpaired) electrons. The molecule has 0 aliphatic rings. The van der Waals surface area contributed by atoms with E-state index in [1.54, 1.807) is 0 Å². The zero-order chi connectivity index (χ0) is 12.3. The quantitative estimate of drug-likeness (QED) is 0.883. The molecule has 0 unspecified atom stereocenters. The first-order chi connectivity index (χ1) is 8.20. The standard InChI is InChI=1S/C13H19N3S/c1-4-11-5-6-17-13(11)9-14-8-12-7-10(2)15-16(12)3/h5-7,14H,4,8-9H2,1-3H3. The van der Waals surface area contributed by atoms with Crippen LogP contribution in [0.3, 0.4) is 0 Å². The lowest BCUT2D eigenvalue weighted by Gasteiger charge is -2.05. The molecule has 0 atom stereocenters. The monoisotopic (exact) mass is 249 g/mol. The Morgan fingerprint density at radius 3 is 2.88 bits per heavy atom. The van der Waals surface area contributed by atoms with E-state index in [0.29, 0.717) is 0 Å². The Bertz CT molecular complexity index is 485. The molecule has 0 bridgehead atoms. The minimum atomic E-state index is 0.873. The molecule has 0 spiro atoms. The van der Waals surface area contributed by atoms with Gasteiger partial charge in [-0.2, -0.15) is 5.10 Å². The minimum Gasteiger partial charge on any atom is -0.306 e. The average molecular weight is 249 g/mol. The smallest absolute Gasteiger partial charge is 0.0597 e. The summed E-state index contributed by atoms with van der Waals surface area (Å²) in [5, 5.41) is 9.99. The first-order valence-electron chi connectivity index (χ1n) is 5.96. The van der Waals surface area contributed by atoms with Gasteiger partial charge in [-0.3, -0.25) is 4.68 Å². The predicted octanol–water partition coefficient (Wildman–Crippen LogP) is 2.64. The third-order valence-corrected chi connectivity index (χ3v) is 3.87. The van der Waals surface area contributed by atoms with Crippen LogP contribution in [-0.4, -0.2) is 9.78 Å². The predicted molar refractivity (Wildman–Crippen MR) is 72.2 cm³/mol. The van der Waals surface area contributed by atoms with Crippen LogP contribution in [-0.2, 0) is 26.6 Å². The molecular weight excluding hydrogens is 230 g/mol. The number of hydrogen-bond donors (Lipinski definition) is 1. The maximum atomic E-state index is 4.34. The molecule has 0 amide bonds.